The van der Waals surface area contributed by atoms with Crippen molar-refractivity contribution in [2.75, 3.05) is 31.1 Å². The first-order valence-corrected chi connectivity index (χ1v) is 11.9. The highest BCUT2D eigenvalue weighted by atomic mass is 32.2. The molecule has 2 aromatic heterocycles. The van der Waals surface area contributed by atoms with Gasteiger partial charge < -0.3 is 14.2 Å². The summed E-state index contributed by atoms with van der Waals surface area (Å²) in [6, 6.07) is 13.9. The molecule has 1 unspecified atom stereocenters. The van der Waals surface area contributed by atoms with Crippen LogP contribution >= 0.6 is 11.8 Å². The Kier molecular flexibility index (Phi) is 5.97. The number of hydrogen-bond donors (Lipinski definition) is 0. The topological polar surface area (TPSA) is 67.4 Å². The largest absolute Gasteiger partial charge is 0.467 e. The van der Waals surface area contributed by atoms with Gasteiger partial charge in [-0.2, -0.15) is 0 Å². The summed E-state index contributed by atoms with van der Waals surface area (Å²) in [5.41, 5.74) is 1.000. The van der Waals surface area contributed by atoms with Gasteiger partial charge in [0.15, 0.2) is 5.16 Å². The zero-order chi connectivity index (χ0) is 21.0. The molecule has 2 fully saturated rings. The van der Waals surface area contributed by atoms with E-state index in [1.165, 1.54) is 11.8 Å². The van der Waals surface area contributed by atoms with Gasteiger partial charge in [0.1, 0.15) is 11.0 Å². The molecule has 2 aliphatic rings. The molecule has 1 aromatic carbocycles. The summed E-state index contributed by atoms with van der Waals surface area (Å²) in [6.07, 6.45) is 6.16. The second kappa shape index (κ2) is 9.18. The van der Waals surface area contributed by atoms with Gasteiger partial charge in [0.25, 0.3) is 0 Å². The van der Waals surface area contributed by atoms with Crippen molar-refractivity contribution in [2.24, 2.45) is 0 Å². The van der Waals surface area contributed by atoms with E-state index in [4.69, 9.17) is 4.42 Å². The third-order valence-electron chi connectivity index (χ3n) is 5.95. The lowest BCUT2D eigenvalue weighted by Gasteiger charge is -2.23. The molecule has 1 amide bonds. The van der Waals surface area contributed by atoms with E-state index in [0.717, 1.165) is 74.3 Å². The molecule has 2 saturated heterocycles. The number of hydrogen-bond acceptors (Lipinski definition) is 6. The second-order valence-corrected chi connectivity index (χ2v) is 9.16. The van der Waals surface area contributed by atoms with E-state index in [-0.39, 0.29) is 11.2 Å². The van der Waals surface area contributed by atoms with E-state index in [9.17, 15) is 4.79 Å². The molecule has 162 valence electrons. The first-order valence-electron chi connectivity index (χ1n) is 11.0. The summed E-state index contributed by atoms with van der Waals surface area (Å²) in [5, 5.41) is 9.48. The molecular weight excluding hydrogens is 410 g/mol. The molecule has 0 aliphatic carbocycles. The van der Waals surface area contributed by atoms with Crippen LogP contribution in [-0.4, -0.2) is 51.8 Å². The van der Waals surface area contributed by atoms with Gasteiger partial charge >= 0.3 is 0 Å². The molecule has 31 heavy (non-hydrogen) atoms. The maximum absolute atomic E-state index is 13.5. The van der Waals surface area contributed by atoms with E-state index in [1.54, 1.807) is 6.26 Å². The maximum atomic E-state index is 13.5. The van der Waals surface area contributed by atoms with Crippen molar-refractivity contribution in [3.05, 3.63) is 60.1 Å². The van der Waals surface area contributed by atoms with Gasteiger partial charge in [0, 0.05) is 26.2 Å². The van der Waals surface area contributed by atoms with Crippen molar-refractivity contribution >= 4 is 23.6 Å². The normalized spacial score (nSPS) is 17.4. The summed E-state index contributed by atoms with van der Waals surface area (Å²) in [7, 11) is 0. The Morgan fingerprint density at radius 3 is 2.42 bits per heavy atom. The summed E-state index contributed by atoms with van der Waals surface area (Å²) >= 11 is 1.49. The number of nitrogens with zero attached hydrogens (tertiary/aromatic N) is 5. The van der Waals surface area contributed by atoms with E-state index in [2.05, 4.69) is 19.7 Å². The third kappa shape index (κ3) is 4.35. The smallest absolute Gasteiger partial charge is 0.240 e. The Labute approximate surface area is 186 Å². The highest BCUT2D eigenvalue weighted by molar-refractivity contribution is 8.00. The van der Waals surface area contributed by atoms with Crippen LogP contribution in [0, 0.1) is 0 Å². The lowest BCUT2D eigenvalue weighted by molar-refractivity contribution is -0.129. The van der Waals surface area contributed by atoms with Gasteiger partial charge in [0.2, 0.25) is 11.9 Å². The molecule has 8 heteroatoms. The van der Waals surface area contributed by atoms with E-state index < -0.39 is 0 Å². The number of likely N-dealkylation sites (tertiary alicyclic amines) is 1. The molecule has 0 spiro atoms. The van der Waals surface area contributed by atoms with Crippen molar-refractivity contribution < 1.29 is 9.21 Å². The lowest BCUT2D eigenvalue weighted by atomic mass is 10.1. The molecule has 0 saturated carbocycles. The molecule has 0 bridgehead atoms. The number of thioether (sulfide) groups is 1. The molecule has 3 aromatic rings. The number of rotatable bonds is 7. The minimum absolute atomic E-state index is 0.156. The van der Waals surface area contributed by atoms with Crippen molar-refractivity contribution in [3.8, 4) is 0 Å². The van der Waals surface area contributed by atoms with Crippen LogP contribution in [0.3, 0.4) is 0 Å². The number of benzene rings is 1. The highest BCUT2D eigenvalue weighted by Gasteiger charge is 2.31. The fourth-order valence-corrected chi connectivity index (χ4v) is 5.43. The zero-order valence-electron chi connectivity index (χ0n) is 17.5. The summed E-state index contributed by atoms with van der Waals surface area (Å²) in [4.78, 5) is 17.7. The summed E-state index contributed by atoms with van der Waals surface area (Å²) in [6.45, 7) is 4.18. The Morgan fingerprint density at radius 1 is 0.968 bits per heavy atom. The molecule has 1 atom stereocenters. The Balaban J connectivity index is 1.48. The lowest BCUT2D eigenvalue weighted by Crippen LogP contribution is -2.31. The van der Waals surface area contributed by atoms with Crippen molar-refractivity contribution in [1.29, 1.82) is 0 Å². The van der Waals surface area contributed by atoms with E-state index >= 15 is 0 Å². The summed E-state index contributed by atoms with van der Waals surface area (Å²) in [5.74, 6) is 1.87. The van der Waals surface area contributed by atoms with Gasteiger partial charge in [0.05, 0.1) is 12.8 Å². The van der Waals surface area contributed by atoms with Crippen LogP contribution in [0.4, 0.5) is 5.95 Å². The molecule has 5 rings (SSSR count). The van der Waals surface area contributed by atoms with Gasteiger partial charge in [-0.15, -0.1) is 10.2 Å². The number of amides is 1. The first kappa shape index (κ1) is 20.2. The Bertz CT molecular complexity index is 992. The van der Waals surface area contributed by atoms with Crippen LogP contribution in [0.5, 0.6) is 0 Å². The minimum Gasteiger partial charge on any atom is -0.467 e. The quantitative estimate of drug-likeness (QED) is 0.521. The van der Waals surface area contributed by atoms with Crippen LogP contribution in [0.1, 0.15) is 42.3 Å². The molecule has 2 aliphatic heterocycles. The van der Waals surface area contributed by atoms with E-state index in [0.29, 0.717) is 6.54 Å². The van der Waals surface area contributed by atoms with Gasteiger partial charge in [-0.1, -0.05) is 42.1 Å². The minimum atomic E-state index is -0.342. The highest BCUT2D eigenvalue weighted by Crippen LogP contribution is 2.38. The number of anilines is 1. The van der Waals surface area contributed by atoms with Crippen molar-refractivity contribution in [1.82, 2.24) is 19.7 Å². The van der Waals surface area contributed by atoms with Crippen molar-refractivity contribution in [2.45, 2.75) is 42.6 Å². The van der Waals surface area contributed by atoms with Crippen LogP contribution in [0.15, 0.2) is 58.3 Å². The molecule has 0 N–H and O–H groups in total. The average Bonchev–Trinajstić information content (AvgIpc) is 3.61. The van der Waals surface area contributed by atoms with Gasteiger partial charge in [-0.25, -0.2) is 0 Å². The number of carbonyl (C=O) groups excluding carboxylic acids is 1. The predicted molar refractivity (Wildman–Crippen MR) is 120 cm³/mol. The standard InChI is InChI=1S/C23H27N5O2S/c29-21(26-12-4-5-13-26)20(18-9-2-1-3-10-18)31-23-25-24-22(27-14-6-7-15-27)28(23)17-19-11-8-16-30-19/h1-3,8-11,16,20H,4-7,12-15,17H2. The van der Waals surface area contributed by atoms with Crippen molar-refractivity contribution in [3.63, 3.8) is 0 Å². The zero-order valence-corrected chi connectivity index (χ0v) is 18.3. The fraction of sp³-hybridized carbons (Fsp3) is 0.435. The first-order chi connectivity index (χ1) is 15.3. The number of carbonyl (C=O) groups is 1. The SMILES string of the molecule is O=C(C(Sc1nnc(N2CCCC2)n1Cc1ccco1)c1ccccc1)N1CCCC1. The van der Waals surface area contributed by atoms with Crippen LogP contribution in [-0.2, 0) is 11.3 Å². The molecule has 4 heterocycles. The molecule has 7 nitrogen and oxygen atoms in total. The second-order valence-electron chi connectivity index (χ2n) is 8.08. The van der Waals surface area contributed by atoms with Crippen LogP contribution in [0.25, 0.3) is 0 Å². The number of furan rings is 1. The maximum Gasteiger partial charge on any atom is 0.240 e. The molecular formula is C23H27N5O2S. The third-order valence-corrected chi connectivity index (χ3v) is 7.17. The average molecular weight is 438 g/mol. The number of aromatic nitrogens is 3. The van der Waals surface area contributed by atoms with Crippen LogP contribution in [0.2, 0.25) is 0 Å². The fourth-order valence-electron chi connectivity index (χ4n) is 4.31. The summed E-state index contributed by atoms with van der Waals surface area (Å²) < 4.78 is 7.72. The van der Waals surface area contributed by atoms with Gasteiger partial charge in [-0.05, 0) is 43.4 Å². The van der Waals surface area contributed by atoms with Gasteiger partial charge in [-0.3, -0.25) is 9.36 Å². The predicted octanol–water partition coefficient (Wildman–Crippen LogP) is 3.98. The van der Waals surface area contributed by atoms with Crippen LogP contribution < -0.4 is 4.90 Å². The monoisotopic (exact) mass is 437 g/mol. The molecule has 0 radical (unpaired) electrons. The van der Waals surface area contributed by atoms with E-state index in [1.807, 2.05) is 47.4 Å². The Hall–Kier alpha value is -2.74. The Morgan fingerprint density at radius 2 is 1.71 bits per heavy atom.